The Labute approximate surface area is 118 Å². The predicted octanol–water partition coefficient (Wildman–Crippen LogP) is 2.59. The molecule has 0 saturated heterocycles. The Morgan fingerprint density at radius 2 is 2.05 bits per heavy atom. The van der Waals surface area contributed by atoms with Crippen molar-refractivity contribution in [1.29, 1.82) is 0 Å². The number of fused-ring (bicyclic) bond motifs is 1. The lowest BCUT2D eigenvalue weighted by atomic mass is 10.2. The fourth-order valence-electron chi connectivity index (χ4n) is 2.14. The highest BCUT2D eigenvalue weighted by atomic mass is 16.4. The minimum Gasteiger partial charge on any atom is -0.409 e. The molecule has 1 heterocycles. The zero-order valence-corrected chi connectivity index (χ0v) is 11.8. The van der Waals surface area contributed by atoms with Crippen LogP contribution in [0.1, 0.15) is 20.3 Å². The Morgan fingerprint density at radius 1 is 1.30 bits per heavy atom. The van der Waals surface area contributed by atoms with Gasteiger partial charge in [0.1, 0.15) is 11.7 Å². The summed E-state index contributed by atoms with van der Waals surface area (Å²) in [6.07, 6.45) is 0.503. The van der Waals surface area contributed by atoms with Gasteiger partial charge in [-0.3, -0.25) is 0 Å². The molecule has 0 fully saturated rings. The first-order chi connectivity index (χ1) is 9.61. The van der Waals surface area contributed by atoms with Gasteiger partial charge in [0.25, 0.3) is 0 Å². The van der Waals surface area contributed by atoms with E-state index >= 15 is 0 Å². The summed E-state index contributed by atoms with van der Waals surface area (Å²) in [7, 11) is 0. The number of benzene rings is 1. The van der Waals surface area contributed by atoms with Crippen molar-refractivity contribution in [1.82, 2.24) is 4.98 Å². The van der Waals surface area contributed by atoms with Gasteiger partial charge in [-0.15, -0.1) is 0 Å². The molecule has 0 spiro atoms. The van der Waals surface area contributed by atoms with Gasteiger partial charge in [-0.2, -0.15) is 0 Å². The van der Waals surface area contributed by atoms with Gasteiger partial charge in [0.2, 0.25) is 0 Å². The van der Waals surface area contributed by atoms with E-state index in [9.17, 15) is 0 Å². The average Bonchev–Trinajstić information content (AvgIpc) is 2.46. The number of amidine groups is 1. The van der Waals surface area contributed by atoms with E-state index in [2.05, 4.69) is 35.0 Å². The molecule has 1 aromatic heterocycles. The highest BCUT2D eigenvalue weighted by Gasteiger charge is 2.13. The van der Waals surface area contributed by atoms with E-state index in [1.807, 2.05) is 30.3 Å². The van der Waals surface area contributed by atoms with E-state index < -0.39 is 0 Å². The lowest BCUT2D eigenvalue weighted by molar-refractivity contribution is 0.317. The second-order valence-electron chi connectivity index (χ2n) is 4.99. The summed E-state index contributed by atoms with van der Waals surface area (Å²) in [6.45, 7) is 4.87. The lowest BCUT2D eigenvalue weighted by Crippen LogP contribution is -2.34. The Kier molecular flexibility index (Phi) is 4.40. The van der Waals surface area contributed by atoms with Crippen molar-refractivity contribution >= 4 is 22.6 Å². The maximum Gasteiger partial charge on any atom is 0.140 e. The summed E-state index contributed by atoms with van der Waals surface area (Å²) < 4.78 is 0. The molecule has 0 aliphatic carbocycles. The third-order valence-corrected chi connectivity index (χ3v) is 3.24. The molecule has 0 atom stereocenters. The van der Waals surface area contributed by atoms with E-state index in [0.717, 1.165) is 16.7 Å². The predicted molar refractivity (Wildman–Crippen MR) is 82.3 cm³/mol. The molecule has 0 amide bonds. The number of hydrogen-bond acceptors (Lipinski definition) is 4. The summed E-state index contributed by atoms with van der Waals surface area (Å²) in [6, 6.07) is 12.4. The molecule has 1 aromatic carbocycles. The number of nitrogens with two attached hydrogens (primary N) is 1. The molecule has 3 N–H and O–H groups in total. The van der Waals surface area contributed by atoms with Gasteiger partial charge in [0, 0.05) is 24.4 Å². The molecule has 2 aromatic rings. The van der Waals surface area contributed by atoms with Crippen LogP contribution in [-0.4, -0.2) is 28.6 Å². The largest absolute Gasteiger partial charge is 0.409 e. The van der Waals surface area contributed by atoms with Crippen molar-refractivity contribution in [2.75, 3.05) is 11.4 Å². The monoisotopic (exact) mass is 272 g/mol. The number of para-hydroxylation sites is 1. The molecule has 0 aliphatic heterocycles. The molecule has 0 radical (unpaired) electrons. The van der Waals surface area contributed by atoms with E-state index in [1.54, 1.807) is 0 Å². The maximum absolute atomic E-state index is 8.63. The zero-order valence-electron chi connectivity index (χ0n) is 11.8. The van der Waals surface area contributed by atoms with Crippen molar-refractivity contribution in [3.8, 4) is 0 Å². The van der Waals surface area contributed by atoms with E-state index in [-0.39, 0.29) is 11.9 Å². The molecule has 0 aliphatic rings. The average molecular weight is 272 g/mol. The minimum atomic E-state index is 0.233. The molecule has 0 unspecified atom stereocenters. The molecular weight excluding hydrogens is 252 g/mol. The first-order valence-corrected chi connectivity index (χ1v) is 6.70. The second kappa shape index (κ2) is 6.23. The van der Waals surface area contributed by atoms with Crippen LogP contribution in [0.15, 0.2) is 41.6 Å². The number of rotatable bonds is 5. The fraction of sp³-hybridized carbons (Fsp3) is 0.333. The summed E-state index contributed by atoms with van der Waals surface area (Å²) >= 11 is 0. The van der Waals surface area contributed by atoms with Crippen LogP contribution in [0, 0.1) is 0 Å². The number of anilines is 1. The second-order valence-corrected chi connectivity index (χ2v) is 4.99. The smallest absolute Gasteiger partial charge is 0.140 e. The van der Waals surface area contributed by atoms with Crippen LogP contribution in [-0.2, 0) is 0 Å². The van der Waals surface area contributed by atoms with Crippen LogP contribution in [0.3, 0.4) is 0 Å². The van der Waals surface area contributed by atoms with Crippen LogP contribution in [0.25, 0.3) is 10.9 Å². The molecule has 0 saturated carbocycles. The first kappa shape index (κ1) is 14.1. The third kappa shape index (κ3) is 3.17. The van der Waals surface area contributed by atoms with Crippen LogP contribution in [0.2, 0.25) is 0 Å². The quantitative estimate of drug-likeness (QED) is 0.380. The highest BCUT2D eigenvalue weighted by molar-refractivity contribution is 5.81. The highest BCUT2D eigenvalue weighted by Crippen LogP contribution is 2.19. The van der Waals surface area contributed by atoms with E-state index in [1.165, 1.54) is 0 Å². The lowest BCUT2D eigenvalue weighted by Gasteiger charge is -2.27. The molecule has 106 valence electrons. The van der Waals surface area contributed by atoms with Crippen LogP contribution in [0.4, 0.5) is 5.82 Å². The van der Waals surface area contributed by atoms with Crippen molar-refractivity contribution in [2.45, 2.75) is 26.3 Å². The standard InChI is InChI=1S/C15H20N4O/c1-11(2)19(10-9-14(16)18-20)15-8-7-12-5-3-4-6-13(12)17-15/h3-8,11,20H,9-10H2,1-2H3,(H2,16,18). The topological polar surface area (TPSA) is 74.7 Å². The van der Waals surface area contributed by atoms with Crippen LogP contribution >= 0.6 is 0 Å². The van der Waals surface area contributed by atoms with Gasteiger partial charge in [-0.25, -0.2) is 4.98 Å². The van der Waals surface area contributed by atoms with E-state index in [4.69, 9.17) is 10.9 Å². The number of oxime groups is 1. The van der Waals surface area contributed by atoms with Crippen LogP contribution < -0.4 is 10.6 Å². The summed E-state index contributed by atoms with van der Waals surface area (Å²) in [5.74, 6) is 1.14. The van der Waals surface area contributed by atoms with Gasteiger partial charge in [-0.1, -0.05) is 23.4 Å². The first-order valence-electron chi connectivity index (χ1n) is 6.70. The molecule has 5 nitrogen and oxygen atoms in total. The van der Waals surface area contributed by atoms with Crippen molar-refractivity contribution in [3.05, 3.63) is 36.4 Å². The number of hydrogen-bond donors (Lipinski definition) is 2. The number of nitrogens with zero attached hydrogens (tertiary/aromatic N) is 3. The molecule has 2 rings (SSSR count). The molecule has 5 heteroatoms. The van der Waals surface area contributed by atoms with Crippen molar-refractivity contribution in [3.63, 3.8) is 0 Å². The molecular formula is C15H20N4O. The molecule has 20 heavy (non-hydrogen) atoms. The van der Waals surface area contributed by atoms with Crippen molar-refractivity contribution in [2.24, 2.45) is 10.9 Å². The summed E-state index contributed by atoms with van der Waals surface area (Å²) in [5.41, 5.74) is 6.51. The zero-order chi connectivity index (χ0) is 14.5. The normalized spacial score (nSPS) is 12.1. The van der Waals surface area contributed by atoms with Gasteiger partial charge >= 0.3 is 0 Å². The van der Waals surface area contributed by atoms with Gasteiger partial charge in [-0.05, 0) is 32.0 Å². The summed E-state index contributed by atoms with van der Waals surface area (Å²) in [4.78, 5) is 6.83. The van der Waals surface area contributed by atoms with E-state index in [0.29, 0.717) is 13.0 Å². The fourth-order valence-corrected chi connectivity index (χ4v) is 2.14. The van der Waals surface area contributed by atoms with Gasteiger partial charge in [0.15, 0.2) is 0 Å². The molecule has 0 bridgehead atoms. The maximum atomic E-state index is 8.63. The Hall–Kier alpha value is -2.30. The summed E-state index contributed by atoms with van der Waals surface area (Å²) in [5, 5.41) is 12.8. The van der Waals surface area contributed by atoms with Gasteiger partial charge < -0.3 is 15.8 Å². The van der Waals surface area contributed by atoms with Crippen molar-refractivity contribution < 1.29 is 5.21 Å². The Balaban J connectivity index is 2.26. The van der Waals surface area contributed by atoms with Gasteiger partial charge in [0.05, 0.1) is 5.52 Å². The number of aromatic nitrogens is 1. The Bertz CT molecular complexity index is 610. The Morgan fingerprint density at radius 3 is 2.75 bits per heavy atom. The SMILES string of the molecule is CC(C)N(CCC(N)=NO)c1ccc2ccccc2n1. The number of pyridine rings is 1. The third-order valence-electron chi connectivity index (χ3n) is 3.24. The van der Waals surface area contributed by atoms with Crippen LogP contribution in [0.5, 0.6) is 0 Å². The minimum absolute atomic E-state index is 0.233.